The number of hydrogen-bond donors (Lipinski definition) is 2. The second kappa shape index (κ2) is 8.61. The molecule has 0 saturated carbocycles. The Bertz CT molecular complexity index is 266. The van der Waals surface area contributed by atoms with Gasteiger partial charge in [-0.05, 0) is 13.3 Å². The first-order chi connectivity index (χ1) is 8.06. The summed E-state index contributed by atoms with van der Waals surface area (Å²) >= 11 is 0. The van der Waals surface area contributed by atoms with Gasteiger partial charge >= 0.3 is 12.0 Å². The van der Waals surface area contributed by atoms with Gasteiger partial charge < -0.3 is 15.3 Å². The molecule has 0 heterocycles. The summed E-state index contributed by atoms with van der Waals surface area (Å²) in [6, 6.07) is -0.241. The van der Waals surface area contributed by atoms with E-state index in [1.54, 1.807) is 11.0 Å². The highest BCUT2D eigenvalue weighted by atomic mass is 16.4. The fraction of sp³-hybridized carbons (Fsp3) is 0.667. The van der Waals surface area contributed by atoms with Gasteiger partial charge in [-0.15, -0.1) is 6.58 Å². The molecule has 0 rings (SSSR count). The predicted octanol–water partition coefficient (Wildman–Crippen LogP) is 1.70. The van der Waals surface area contributed by atoms with E-state index in [2.05, 4.69) is 11.9 Å². The molecular weight excluding hydrogens is 220 g/mol. The van der Waals surface area contributed by atoms with Crippen LogP contribution in [0.2, 0.25) is 0 Å². The molecule has 0 radical (unpaired) electrons. The number of likely N-dealkylation sites (N-methyl/N-ethyl adjacent to an activating group) is 1. The number of rotatable bonds is 8. The fourth-order valence-corrected chi connectivity index (χ4v) is 1.50. The second-order valence-electron chi connectivity index (χ2n) is 3.84. The third-order valence-electron chi connectivity index (χ3n) is 2.50. The van der Waals surface area contributed by atoms with Crippen LogP contribution in [0.3, 0.4) is 0 Å². The van der Waals surface area contributed by atoms with Gasteiger partial charge in [0.2, 0.25) is 0 Å². The summed E-state index contributed by atoms with van der Waals surface area (Å²) in [5.74, 6) is -1.37. The number of carbonyl (C=O) groups excluding carboxylic acids is 1. The summed E-state index contributed by atoms with van der Waals surface area (Å²) in [5.41, 5.74) is 0. The van der Waals surface area contributed by atoms with Gasteiger partial charge in [-0.1, -0.05) is 19.4 Å². The van der Waals surface area contributed by atoms with Gasteiger partial charge in [0.15, 0.2) is 0 Å². The zero-order chi connectivity index (χ0) is 13.3. The van der Waals surface area contributed by atoms with Gasteiger partial charge in [0, 0.05) is 19.6 Å². The quantitative estimate of drug-likeness (QED) is 0.636. The topological polar surface area (TPSA) is 69.6 Å². The summed E-state index contributed by atoms with van der Waals surface area (Å²) in [6.45, 7) is 8.57. The molecule has 1 unspecified atom stereocenters. The van der Waals surface area contributed by atoms with Gasteiger partial charge in [-0.3, -0.25) is 4.79 Å². The van der Waals surface area contributed by atoms with E-state index in [1.807, 2.05) is 13.8 Å². The van der Waals surface area contributed by atoms with Crippen molar-refractivity contribution in [2.24, 2.45) is 5.92 Å². The lowest BCUT2D eigenvalue weighted by Crippen LogP contribution is -2.42. The zero-order valence-electron chi connectivity index (χ0n) is 10.6. The van der Waals surface area contributed by atoms with Gasteiger partial charge in [-0.2, -0.15) is 0 Å². The zero-order valence-corrected chi connectivity index (χ0v) is 10.6. The SMILES string of the molecule is C=CCN(CC)C(=O)NCC(CCC)C(=O)O. The first-order valence-electron chi connectivity index (χ1n) is 5.93. The van der Waals surface area contributed by atoms with Crippen LogP contribution in [0.25, 0.3) is 0 Å². The molecule has 0 saturated heterocycles. The molecule has 5 nitrogen and oxygen atoms in total. The van der Waals surface area contributed by atoms with Crippen LogP contribution in [-0.4, -0.2) is 41.6 Å². The Morgan fingerprint density at radius 1 is 1.47 bits per heavy atom. The molecule has 5 heteroatoms. The molecule has 0 bridgehead atoms. The lowest BCUT2D eigenvalue weighted by Gasteiger charge is -2.21. The number of hydrogen-bond acceptors (Lipinski definition) is 2. The van der Waals surface area contributed by atoms with Crippen LogP contribution in [0.4, 0.5) is 4.79 Å². The maximum Gasteiger partial charge on any atom is 0.317 e. The number of carboxylic acid groups (broad SMARTS) is 1. The standard InChI is InChI=1S/C12H22N2O3/c1-4-7-10(11(15)16)9-13-12(17)14(6-3)8-5-2/h5,10H,2,4,6-9H2,1,3H3,(H,13,17)(H,15,16). The van der Waals surface area contributed by atoms with Crippen molar-refractivity contribution in [1.29, 1.82) is 0 Å². The number of nitrogens with zero attached hydrogens (tertiary/aromatic N) is 1. The van der Waals surface area contributed by atoms with E-state index < -0.39 is 11.9 Å². The average molecular weight is 242 g/mol. The minimum atomic E-state index is -0.862. The lowest BCUT2D eigenvalue weighted by molar-refractivity contribution is -0.141. The van der Waals surface area contributed by atoms with Gasteiger partial charge in [-0.25, -0.2) is 4.79 Å². The summed E-state index contributed by atoms with van der Waals surface area (Å²) < 4.78 is 0. The average Bonchev–Trinajstić information content (AvgIpc) is 2.30. The summed E-state index contributed by atoms with van der Waals surface area (Å²) in [4.78, 5) is 24.1. The Morgan fingerprint density at radius 2 is 2.12 bits per heavy atom. The molecule has 17 heavy (non-hydrogen) atoms. The molecule has 0 aliphatic heterocycles. The number of aliphatic carboxylic acids is 1. The van der Waals surface area contributed by atoms with Crippen LogP contribution in [0, 0.1) is 5.92 Å². The van der Waals surface area contributed by atoms with Crippen molar-refractivity contribution in [1.82, 2.24) is 10.2 Å². The Balaban J connectivity index is 4.18. The maximum absolute atomic E-state index is 11.7. The van der Waals surface area contributed by atoms with Crippen molar-refractivity contribution in [2.45, 2.75) is 26.7 Å². The van der Waals surface area contributed by atoms with Crippen molar-refractivity contribution < 1.29 is 14.7 Å². The Morgan fingerprint density at radius 3 is 2.53 bits per heavy atom. The highest BCUT2D eigenvalue weighted by Gasteiger charge is 2.18. The van der Waals surface area contributed by atoms with Crippen molar-refractivity contribution in [3.8, 4) is 0 Å². The van der Waals surface area contributed by atoms with Crippen molar-refractivity contribution in [3.63, 3.8) is 0 Å². The molecule has 0 spiro atoms. The van der Waals surface area contributed by atoms with E-state index in [0.717, 1.165) is 6.42 Å². The minimum absolute atomic E-state index is 0.176. The molecule has 0 aliphatic carbocycles. The van der Waals surface area contributed by atoms with Crippen molar-refractivity contribution >= 4 is 12.0 Å². The number of amides is 2. The molecule has 2 amide bonds. The van der Waals surface area contributed by atoms with E-state index in [9.17, 15) is 9.59 Å². The van der Waals surface area contributed by atoms with Gasteiger partial charge in [0.25, 0.3) is 0 Å². The van der Waals surface area contributed by atoms with Gasteiger partial charge in [0.05, 0.1) is 5.92 Å². The molecule has 0 aliphatic rings. The number of carboxylic acids is 1. The van der Waals surface area contributed by atoms with E-state index in [4.69, 9.17) is 5.11 Å². The molecule has 0 aromatic carbocycles. The molecular formula is C12H22N2O3. The minimum Gasteiger partial charge on any atom is -0.481 e. The van der Waals surface area contributed by atoms with Crippen LogP contribution in [0.1, 0.15) is 26.7 Å². The molecule has 0 fully saturated rings. The first-order valence-corrected chi connectivity index (χ1v) is 5.93. The summed E-state index contributed by atoms with van der Waals surface area (Å²) in [6.07, 6.45) is 3.00. The fourth-order valence-electron chi connectivity index (χ4n) is 1.50. The monoisotopic (exact) mass is 242 g/mol. The molecule has 98 valence electrons. The Hall–Kier alpha value is -1.52. The van der Waals surface area contributed by atoms with Crippen LogP contribution in [0.15, 0.2) is 12.7 Å². The third kappa shape index (κ3) is 5.94. The highest BCUT2D eigenvalue weighted by Crippen LogP contribution is 2.05. The van der Waals surface area contributed by atoms with E-state index >= 15 is 0 Å². The van der Waals surface area contributed by atoms with E-state index in [1.165, 1.54) is 0 Å². The summed E-state index contributed by atoms with van der Waals surface area (Å²) in [5, 5.41) is 11.6. The lowest BCUT2D eigenvalue weighted by atomic mass is 10.0. The molecule has 1 atom stereocenters. The number of urea groups is 1. The normalized spacial score (nSPS) is 11.6. The number of carbonyl (C=O) groups is 2. The Labute approximate surface area is 102 Å². The maximum atomic E-state index is 11.7. The van der Waals surface area contributed by atoms with E-state index in [-0.39, 0.29) is 12.6 Å². The van der Waals surface area contributed by atoms with Crippen LogP contribution < -0.4 is 5.32 Å². The van der Waals surface area contributed by atoms with E-state index in [0.29, 0.717) is 19.5 Å². The molecule has 0 aromatic rings. The Kier molecular flexibility index (Phi) is 7.84. The third-order valence-corrected chi connectivity index (χ3v) is 2.50. The van der Waals surface area contributed by atoms with Crippen LogP contribution in [-0.2, 0) is 4.79 Å². The van der Waals surface area contributed by atoms with Crippen LogP contribution in [0.5, 0.6) is 0 Å². The van der Waals surface area contributed by atoms with Gasteiger partial charge in [0.1, 0.15) is 0 Å². The van der Waals surface area contributed by atoms with Crippen LogP contribution >= 0.6 is 0 Å². The molecule has 0 aromatic heterocycles. The second-order valence-corrected chi connectivity index (χ2v) is 3.84. The smallest absolute Gasteiger partial charge is 0.317 e. The largest absolute Gasteiger partial charge is 0.481 e. The first kappa shape index (κ1) is 15.5. The van der Waals surface area contributed by atoms with Crippen molar-refractivity contribution in [2.75, 3.05) is 19.6 Å². The van der Waals surface area contributed by atoms with Crippen molar-refractivity contribution in [3.05, 3.63) is 12.7 Å². The highest BCUT2D eigenvalue weighted by molar-refractivity contribution is 5.76. The number of nitrogens with one attached hydrogen (secondary N) is 1. The summed E-state index contributed by atoms with van der Waals surface area (Å²) in [7, 11) is 0. The molecule has 2 N–H and O–H groups in total. The predicted molar refractivity (Wildman–Crippen MR) is 66.9 cm³/mol.